The van der Waals surface area contributed by atoms with Crippen molar-refractivity contribution in [1.29, 1.82) is 0 Å². The van der Waals surface area contributed by atoms with Gasteiger partial charge in [-0.25, -0.2) is 0 Å². The van der Waals surface area contributed by atoms with Crippen molar-refractivity contribution in [3.05, 3.63) is 0 Å². The number of rotatable bonds is 5. The number of amides is 1. The molecule has 2 fully saturated rings. The summed E-state index contributed by atoms with van der Waals surface area (Å²) in [5, 5.41) is 0. The second kappa shape index (κ2) is 6.06. The van der Waals surface area contributed by atoms with Gasteiger partial charge < -0.3 is 14.2 Å². The van der Waals surface area contributed by atoms with Crippen molar-refractivity contribution in [3.63, 3.8) is 0 Å². The number of unbranched alkanes of at least 4 members (excludes halogenated alkanes) is 1. The number of likely N-dealkylation sites (tertiary alicyclic amines) is 1. The molecular weight excluding hydrogens is 253 g/mol. The van der Waals surface area contributed by atoms with E-state index in [1.54, 1.807) is 0 Å². The van der Waals surface area contributed by atoms with Crippen LogP contribution in [0.5, 0.6) is 0 Å². The SMILES string of the molecule is CC1(C)OB(CCCCC(=O)N2CCCC2)OC1(C)C. The first kappa shape index (κ1) is 15.8. The van der Waals surface area contributed by atoms with E-state index in [1.807, 2.05) is 4.90 Å². The van der Waals surface area contributed by atoms with Crippen molar-refractivity contribution in [3.8, 4) is 0 Å². The zero-order chi connectivity index (χ0) is 14.8. The van der Waals surface area contributed by atoms with Crippen LogP contribution in [0.4, 0.5) is 0 Å². The van der Waals surface area contributed by atoms with Gasteiger partial charge in [-0.15, -0.1) is 0 Å². The lowest BCUT2D eigenvalue weighted by molar-refractivity contribution is -0.130. The first-order valence-corrected chi connectivity index (χ1v) is 7.95. The maximum absolute atomic E-state index is 11.9. The second-order valence-electron chi connectivity index (χ2n) is 7.02. The number of hydrogen-bond donors (Lipinski definition) is 0. The lowest BCUT2D eigenvalue weighted by Crippen LogP contribution is -2.41. The van der Waals surface area contributed by atoms with E-state index in [-0.39, 0.29) is 18.3 Å². The molecule has 0 atom stereocenters. The molecule has 114 valence electrons. The zero-order valence-electron chi connectivity index (χ0n) is 13.4. The predicted molar refractivity (Wildman–Crippen MR) is 80.6 cm³/mol. The average molecular weight is 281 g/mol. The monoisotopic (exact) mass is 281 g/mol. The molecule has 0 radical (unpaired) electrons. The minimum atomic E-state index is -0.247. The Kier molecular flexibility index (Phi) is 4.80. The first-order valence-electron chi connectivity index (χ1n) is 7.95. The molecule has 0 unspecified atom stereocenters. The predicted octanol–water partition coefficient (Wildman–Crippen LogP) is 2.87. The van der Waals surface area contributed by atoms with Crippen LogP contribution in [-0.4, -0.2) is 42.2 Å². The molecule has 5 heteroatoms. The smallest absolute Gasteiger partial charge is 0.403 e. The molecule has 0 saturated carbocycles. The van der Waals surface area contributed by atoms with Crippen LogP contribution < -0.4 is 0 Å². The van der Waals surface area contributed by atoms with Gasteiger partial charge in [-0.05, 0) is 53.3 Å². The number of carbonyl (C=O) groups excluding carboxylic acids is 1. The van der Waals surface area contributed by atoms with Crippen LogP contribution in [0, 0.1) is 0 Å². The molecule has 0 spiro atoms. The molecule has 2 aliphatic heterocycles. The summed E-state index contributed by atoms with van der Waals surface area (Å²) in [6.07, 6.45) is 5.79. The highest BCUT2D eigenvalue weighted by atomic mass is 16.7. The Morgan fingerprint density at radius 1 is 1.05 bits per heavy atom. The Morgan fingerprint density at radius 3 is 2.15 bits per heavy atom. The van der Waals surface area contributed by atoms with Gasteiger partial charge in [-0.1, -0.05) is 6.42 Å². The van der Waals surface area contributed by atoms with Gasteiger partial charge in [0.15, 0.2) is 0 Å². The quantitative estimate of drug-likeness (QED) is 0.574. The summed E-state index contributed by atoms with van der Waals surface area (Å²) >= 11 is 0. The van der Waals surface area contributed by atoms with Crippen LogP contribution in [0.3, 0.4) is 0 Å². The fraction of sp³-hybridized carbons (Fsp3) is 0.933. The third kappa shape index (κ3) is 3.56. The summed E-state index contributed by atoms with van der Waals surface area (Å²) in [7, 11) is -0.123. The van der Waals surface area contributed by atoms with E-state index >= 15 is 0 Å². The fourth-order valence-corrected chi connectivity index (χ4v) is 2.79. The molecule has 2 heterocycles. The average Bonchev–Trinajstić information content (AvgIpc) is 2.92. The molecule has 0 aromatic carbocycles. The summed E-state index contributed by atoms with van der Waals surface area (Å²) in [5.74, 6) is 0.316. The van der Waals surface area contributed by atoms with Crippen molar-refractivity contribution in [2.45, 2.75) is 77.3 Å². The molecule has 0 bridgehead atoms. The van der Waals surface area contributed by atoms with Crippen LogP contribution in [-0.2, 0) is 14.1 Å². The Morgan fingerprint density at radius 2 is 1.60 bits per heavy atom. The van der Waals surface area contributed by atoms with E-state index < -0.39 is 0 Å². The minimum absolute atomic E-state index is 0.123. The number of nitrogens with zero attached hydrogens (tertiary/aromatic N) is 1. The highest BCUT2D eigenvalue weighted by Gasteiger charge is 2.50. The summed E-state index contributed by atoms with van der Waals surface area (Å²) < 4.78 is 11.9. The van der Waals surface area contributed by atoms with E-state index in [0.29, 0.717) is 12.3 Å². The van der Waals surface area contributed by atoms with Gasteiger partial charge in [0, 0.05) is 19.5 Å². The molecule has 2 aliphatic rings. The summed E-state index contributed by atoms with van der Waals surface area (Å²) in [5.41, 5.74) is -0.494. The van der Waals surface area contributed by atoms with E-state index in [1.165, 1.54) is 12.8 Å². The third-order valence-electron chi connectivity index (χ3n) is 4.84. The van der Waals surface area contributed by atoms with Crippen molar-refractivity contribution >= 4 is 13.0 Å². The minimum Gasteiger partial charge on any atom is -0.403 e. The molecule has 0 aromatic rings. The van der Waals surface area contributed by atoms with Gasteiger partial charge in [0.1, 0.15) is 0 Å². The van der Waals surface area contributed by atoms with E-state index in [2.05, 4.69) is 27.7 Å². The lowest BCUT2D eigenvalue weighted by atomic mass is 9.82. The molecule has 4 nitrogen and oxygen atoms in total. The summed E-state index contributed by atoms with van der Waals surface area (Å²) in [6, 6.07) is 0. The Balaban J connectivity index is 1.63. The van der Waals surface area contributed by atoms with Crippen molar-refractivity contribution in [2.75, 3.05) is 13.1 Å². The molecule has 2 rings (SSSR count). The fourth-order valence-electron chi connectivity index (χ4n) is 2.79. The van der Waals surface area contributed by atoms with Gasteiger partial charge in [0.2, 0.25) is 5.91 Å². The highest BCUT2D eigenvalue weighted by Crippen LogP contribution is 2.38. The Hall–Kier alpha value is -0.545. The van der Waals surface area contributed by atoms with Crippen LogP contribution in [0.2, 0.25) is 6.32 Å². The number of hydrogen-bond acceptors (Lipinski definition) is 3. The largest absolute Gasteiger partial charge is 0.457 e. The lowest BCUT2D eigenvalue weighted by Gasteiger charge is -2.32. The Labute approximate surface area is 123 Å². The van der Waals surface area contributed by atoms with Gasteiger partial charge in [-0.2, -0.15) is 0 Å². The molecule has 20 heavy (non-hydrogen) atoms. The van der Waals surface area contributed by atoms with Crippen LogP contribution in [0.15, 0.2) is 0 Å². The highest BCUT2D eigenvalue weighted by molar-refractivity contribution is 6.45. The molecule has 1 amide bonds. The van der Waals surface area contributed by atoms with Crippen LogP contribution in [0.1, 0.15) is 59.8 Å². The van der Waals surface area contributed by atoms with Crippen molar-refractivity contribution < 1.29 is 14.1 Å². The standard InChI is InChI=1S/C15H28BNO3/c1-14(2)15(3,4)20-16(19-14)10-6-5-9-13(18)17-11-7-8-12-17/h5-12H2,1-4H3. The van der Waals surface area contributed by atoms with E-state index in [4.69, 9.17) is 9.31 Å². The third-order valence-corrected chi connectivity index (χ3v) is 4.84. The topological polar surface area (TPSA) is 38.8 Å². The maximum Gasteiger partial charge on any atom is 0.457 e. The van der Waals surface area contributed by atoms with E-state index in [0.717, 1.165) is 32.3 Å². The molecule has 0 aromatic heterocycles. The number of carbonyl (C=O) groups is 1. The second-order valence-corrected chi connectivity index (χ2v) is 7.02. The van der Waals surface area contributed by atoms with Crippen molar-refractivity contribution in [1.82, 2.24) is 4.90 Å². The van der Waals surface area contributed by atoms with Gasteiger partial charge in [0.05, 0.1) is 11.2 Å². The van der Waals surface area contributed by atoms with Gasteiger partial charge in [0.25, 0.3) is 0 Å². The van der Waals surface area contributed by atoms with Crippen LogP contribution in [0.25, 0.3) is 0 Å². The molecule has 0 N–H and O–H groups in total. The van der Waals surface area contributed by atoms with Crippen LogP contribution >= 0.6 is 0 Å². The normalized spacial score (nSPS) is 24.4. The van der Waals surface area contributed by atoms with Gasteiger partial charge >= 0.3 is 7.12 Å². The summed E-state index contributed by atoms with van der Waals surface area (Å²) in [6.45, 7) is 10.2. The first-order chi connectivity index (χ1) is 9.32. The zero-order valence-corrected chi connectivity index (χ0v) is 13.4. The molecule has 0 aliphatic carbocycles. The molecular formula is C15H28BNO3. The van der Waals surface area contributed by atoms with E-state index in [9.17, 15) is 4.79 Å². The maximum atomic E-state index is 11.9. The Bertz CT molecular complexity index is 335. The summed E-state index contributed by atoms with van der Waals surface area (Å²) in [4.78, 5) is 13.9. The van der Waals surface area contributed by atoms with Crippen molar-refractivity contribution in [2.24, 2.45) is 0 Å². The van der Waals surface area contributed by atoms with Gasteiger partial charge in [-0.3, -0.25) is 4.79 Å². The molecule has 2 saturated heterocycles.